The molecule has 0 bridgehead atoms. The molecule has 0 unspecified atom stereocenters. The molecule has 0 spiro atoms. The number of amides is 1. The van der Waals surface area contributed by atoms with Crippen LogP contribution in [-0.4, -0.2) is 44.4 Å². The second-order valence-electron chi connectivity index (χ2n) is 5.32. The van der Waals surface area contributed by atoms with Gasteiger partial charge in [-0.15, -0.1) is 0 Å². The molecule has 0 saturated carbocycles. The fourth-order valence-electron chi connectivity index (χ4n) is 2.76. The number of carbonyl (C=O) groups excluding carboxylic acids is 1. The minimum Gasteiger partial charge on any atom is -0.375 e. The van der Waals surface area contributed by atoms with Gasteiger partial charge in [-0.05, 0) is 19.1 Å². The third-order valence-electron chi connectivity index (χ3n) is 3.74. The van der Waals surface area contributed by atoms with Crippen molar-refractivity contribution in [3.8, 4) is 0 Å². The predicted octanol–water partition coefficient (Wildman–Crippen LogP) is 1.28. The fraction of sp³-hybridized carbons (Fsp3) is 0.467. The van der Waals surface area contributed by atoms with Crippen LogP contribution < -0.4 is 0 Å². The number of ether oxygens (including phenoxy) is 1. The Balaban J connectivity index is 1.85. The molecule has 1 atom stereocenters. The van der Waals surface area contributed by atoms with Crippen molar-refractivity contribution < 1.29 is 9.53 Å². The van der Waals surface area contributed by atoms with E-state index in [9.17, 15) is 4.79 Å². The molecule has 3 heterocycles. The molecule has 21 heavy (non-hydrogen) atoms. The first kappa shape index (κ1) is 13.9. The van der Waals surface area contributed by atoms with E-state index in [2.05, 4.69) is 15.7 Å². The molecular formula is C15H20N4O2. The van der Waals surface area contributed by atoms with Gasteiger partial charge in [0.15, 0.2) is 0 Å². The van der Waals surface area contributed by atoms with Gasteiger partial charge < -0.3 is 14.2 Å². The number of nitrogens with zero attached hydrogens (tertiary/aromatic N) is 4. The number of rotatable bonds is 3. The summed E-state index contributed by atoms with van der Waals surface area (Å²) < 4.78 is 9.59. The number of aromatic nitrogens is 3. The van der Waals surface area contributed by atoms with Crippen molar-refractivity contribution in [3.05, 3.63) is 42.0 Å². The quantitative estimate of drug-likeness (QED) is 0.855. The molecular weight excluding hydrogens is 268 g/mol. The van der Waals surface area contributed by atoms with Crippen LogP contribution in [0.3, 0.4) is 0 Å². The average Bonchev–Trinajstić information content (AvgIpc) is 3.04. The summed E-state index contributed by atoms with van der Waals surface area (Å²) in [7, 11) is 1.81. The van der Waals surface area contributed by atoms with Crippen LogP contribution in [0.2, 0.25) is 0 Å². The third kappa shape index (κ3) is 2.85. The summed E-state index contributed by atoms with van der Waals surface area (Å²) in [5.74, 6) is 0.00227. The van der Waals surface area contributed by atoms with Crippen LogP contribution in [0.4, 0.5) is 0 Å². The van der Waals surface area contributed by atoms with Gasteiger partial charge in [0.05, 0.1) is 31.0 Å². The van der Waals surface area contributed by atoms with Crippen molar-refractivity contribution >= 4 is 5.91 Å². The van der Waals surface area contributed by atoms with E-state index >= 15 is 0 Å². The topological polar surface area (TPSA) is 52.3 Å². The number of hydrogen-bond acceptors (Lipinski definition) is 3. The first-order valence-corrected chi connectivity index (χ1v) is 7.21. The SMILES string of the molecule is CCO[C@H]1CN(C(=O)c2cnn(C)c2)Cc2cccn2C1. The van der Waals surface area contributed by atoms with Crippen LogP contribution in [0.15, 0.2) is 30.7 Å². The second-order valence-corrected chi connectivity index (χ2v) is 5.32. The maximum absolute atomic E-state index is 12.7. The van der Waals surface area contributed by atoms with Crippen LogP contribution in [0.5, 0.6) is 0 Å². The first-order chi connectivity index (χ1) is 10.2. The Morgan fingerprint density at radius 3 is 3.05 bits per heavy atom. The zero-order valence-electron chi connectivity index (χ0n) is 12.4. The molecule has 1 aliphatic heterocycles. The monoisotopic (exact) mass is 288 g/mol. The lowest BCUT2D eigenvalue weighted by Crippen LogP contribution is -2.37. The Bertz CT molecular complexity index is 631. The maximum Gasteiger partial charge on any atom is 0.257 e. The normalized spacial score (nSPS) is 18.4. The van der Waals surface area contributed by atoms with Crippen molar-refractivity contribution in [2.24, 2.45) is 7.05 Å². The highest BCUT2D eigenvalue weighted by Crippen LogP contribution is 2.17. The fourth-order valence-corrected chi connectivity index (χ4v) is 2.76. The lowest BCUT2D eigenvalue weighted by Gasteiger charge is -2.23. The highest BCUT2D eigenvalue weighted by Gasteiger charge is 2.26. The largest absolute Gasteiger partial charge is 0.375 e. The number of fused-ring (bicyclic) bond motifs is 1. The van der Waals surface area contributed by atoms with Gasteiger partial charge in [-0.2, -0.15) is 5.10 Å². The number of aryl methyl sites for hydroxylation is 1. The Morgan fingerprint density at radius 2 is 2.33 bits per heavy atom. The predicted molar refractivity (Wildman–Crippen MR) is 77.8 cm³/mol. The van der Waals surface area contributed by atoms with Gasteiger partial charge in [-0.1, -0.05) is 0 Å². The molecule has 1 aliphatic rings. The highest BCUT2D eigenvalue weighted by atomic mass is 16.5. The van der Waals surface area contributed by atoms with E-state index in [1.165, 1.54) is 0 Å². The van der Waals surface area contributed by atoms with Crippen LogP contribution in [0.25, 0.3) is 0 Å². The first-order valence-electron chi connectivity index (χ1n) is 7.21. The van der Waals surface area contributed by atoms with Crippen molar-refractivity contribution in [1.82, 2.24) is 19.2 Å². The summed E-state index contributed by atoms with van der Waals surface area (Å²) in [6.07, 6.45) is 5.42. The van der Waals surface area contributed by atoms with Gasteiger partial charge in [0.2, 0.25) is 0 Å². The van der Waals surface area contributed by atoms with Crippen LogP contribution in [0.1, 0.15) is 23.0 Å². The van der Waals surface area contributed by atoms with Crippen molar-refractivity contribution in [1.29, 1.82) is 0 Å². The van der Waals surface area contributed by atoms with Crippen LogP contribution >= 0.6 is 0 Å². The van der Waals surface area contributed by atoms with E-state index in [0.717, 1.165) is 12.2 Å². The summed E-state index contributed by atoms with van der Waals surface area (Å²) in [6.45, 7) is 4.62. The van der Waals surface area contributed by atoms with Crippen molar-refractivity contribution in [2.45, 2.75) is 26.1 Å². The molecule has 2 aromatic heterocycles. The van der Waals surface area contributed by atoms with Gasteiger partial charge in [0.1, 0.15) is 0 Å². The van der Waals surface area contributed by atoms with Crippen molar-refractivity contribution in [2.75, 3.05) is 13.2 Å². The summed E-state index contributed by atoms with van der Waals surface area (Å²) in [4.78, 5) is 14.5. The average molecular weight is 288 g/mol. The third-order valence-corrected chi connectivity index (χ3v) is 3.74. The lowest BCUT2D eigenvalue weighted by atomic mass is 10.2. The zero-order chi connectivity index (χ0) is 14.8. The summed E-state index contributed by atoms with van der Waals surface area (Å²) in [5, 5.41) is 4.08. The minimum atomic E-state index is 0.00227. The Kier molecular flexibility index (Phi) is 3.79. The molecule has 3 rings (SSSR count). The molecule has 0 aromatic carbocycles. The Morgan fingerprint density at radius 1 is 1.48 bits per heavy atom. The molecule has 0 radical (unpaired) electrons. The molecule has 1 amide bonds. The standard InChI is InChI=1S/C15H20N4O2/c1-3-21-14-10-18-6-4-5-13(18)9-19(11-14)15(20)12-7-16-17(2)8-12/h4-8,14H,3,9-11H2,1-2H3/t14-/m1/s1. The molecule has 2 aromatic rings. The van der Waals surface area contributed by atoms with E-state index in [0.29, 0.717) is 25.3 Å². The maximum atomic E-state index is 12.7. The molecule has 6 nitrogen and oxygen atoms in total. The smallest absolute Gasteiger partial charge is 0.257 e. The molecule has 0 fully saturated rings. The van der Waals surface area contributed by atoms with E-state index in [4.69, 9.17) is 4.74 Å². The number of hydrogen-bond donors (Lipinski definition) is 0. The van der Waals surface area contributed by atoms with E-state index < -0.39 is 0 Å². The number of carbonyl (C=O) groups is 1. The lowest BCUT2D eigenvalue weighted by molar-refractivity contribution is 0.0258. The van der Waals surface area contributed by atoms with Crippen LogP contribution in [-0.2, 0) is 24.9 Å². The van der Waals surface area contributed by atoms with Crippen LogP contribution in [0, 0.1) is 0 Å². The van der Waals surface area contributed by atoms with E-state index in [-0.39, 0.29) is 12.0 Å². The van der Waals surface area contributed by atoms with Gasteiger partial charge >= 0.3 is 0 Å². The van der Waals surface area contributed by atoms with E-state index in [1.54, 1.807) is 17.1 Å². The van der Waals surface area contributed by atoms with Gasteiger partial charge in [-0.3, -0.25) is 9.48 Å². The van der Waals surface area contributed by atoms with Gasteiger partial charge in [0.25, 0.3) is 5.91 Å². The summed E-state index contributed by atoms with van der Waals surface area (Å²) in [5.41, 5.74) is 1.75. The Labute approximate surface area is 123 Å². The van der Waals surface area contributed by atoms with Crippen molar-refractivity contribution in [3.63, 3.8) is 0 Å². The summed E-state index contributed by atoms with van der Waals surface area (Å²) in [6, 6.07) is 4.06. The molecule has 0 saturated heterocycles. The molecule has 0 aliphatic carbocycles. The van der Waals surface area contributed by atoms with Gasteiger partial charge in [-0.25, -0.2) is 0 Å². The Hall–Kier alpha value is -2.08. The second kappa shape index (κ2) is 5.73. The highest BCUT2D eigenvalue weighted by molar-refractivity contribution is 5.93. The zero-order valence-corrected chi connectivity index (χ0v) is 12.4. The molecule has 6 heteroatoms. The molecule has 112 valence electrons. The van der Waals surface area contributed by atoms with E-state index in [1.807, 2.05) is 31.1 Å². The summed E-state index contributed by atoms with van der Waals surface area (Å²) >= 11 is 0. The minimum absolute atomic E-state index is 0.00227. The molecule has 0 N–H and O–H groups in total. The van der Waals surface area contributed by atoms with Gasteiger partial charge in [0, 0.05) is 38.3 Å².